The van der Waals surface area contributed by atoms with Crippen LogP contribution in [-0.4, -0.2) is 18.6 Å². The predicted octanol–water partition coefficient (Wildman–Crippen LogP) is 3.09. The second kappa shape index (κ2) is 8.22. The summed E-state index contributed by atoms with van der Waals surface area (Å²) in [6.45, 7) is 4.40. The van der Waals surface area contributed by atoms with Crippen molar-refractivity contribution in [1.29, 1.82) is 0 Å². The lowest BCUT2D eigenvalue weighted by Gasteiger charge is -2.15. The summed E-state index contributed by atoms with van der Waals surface area (Å²) in [7, 11) is 0. The van der Waals surface area contributed by atoms with E-state index in [-0.39, 0.29) is 11.9 Å². The monoisotopic (exact) mass is 312 g/mol. The molecule has 0 bridgehead atoms. The second-order valence-corrected chi connectivity index (χ2v) is 5.79. The third kappa shape index (κ3) is 5.66. The van der Waals surface area contributed by atoms with Gasteiger partial charge in [-0.1, -0.05) is 30.3 Å². The molecule has 0 fully saturated rings. The number of anilines is 1. The van der Waals surface area contributed by atoms with Crippen LogP contribution in [0.1, 0.15) is 24.5 Å². The maximum Gasteiger partial charge on any atom is 0.220 e. The lowest BCUT2D eigenvalue weighted by Crippen LogP contribution is -2.36. The number of amides is 1. The minimum atomic E-state index is -0.0452. The van der Waals surface area contributed by atoms with Gasteiger partial charge in [0.15, 0.2) is 0 Å². The van der Waals surface area contributed by atoms with Crippen LogP contribution in [0.4, 0.5) is 5.69 Å². The van der Waals surface area contributed by atoms with E-state index in [1.165, 1.54) is 0 Å². The first kappa shape index (κ1) is 16.9. The number of nitrogens with one attached hydrogen (secondary N) is 1. The Morgan fingerprint density at radius 2 is 2.00 bits per heavy atom. The fourth-order valence-electron chi connectivity index (χ4n) is 2.33. The van der Waals surface area contributed by atoms with Crippen LogP contribution >= 0.6 is 0 Å². The van der Waals surface area contributed by atoms with Crippen LogP contribution in [0.5, 0.6) is 5.75 Å². The highest BCUT2D eigenvalue weighted by atomic mass is 16.5. The molecule has 0 aromatic heterocycles. The number of aryl methyl sites for hydroxylation is 2. The second-order valence-electron chi connectivity index (χ2n) is 5.79. The molecule has 0 saturated heterocycles. The summed E-state index contributed by atoms with van der Waals surface area (Å²) in [6.07, 6.45) is 1.06. The van der Waals surface area contributed by atoms with E-state index < -0.39 is 0 Å². The summed E-state index contributed by atoms with van der Waals surface area (Å²) in [5.41, 5.74) is 8.77. The van der Waals surface area contributed by atoms with E-state index in [1.807, 2.05) is 62.4 Å². The Hall–Kier alpha value is -2.49. The normalized spacial score (nSPS) is 11.7. The fourth-order valence-corrected chi connectivity index (χ4v) is 2.33. The molecule has 0 heterocycles. The molecule has 0 spiro atoms. The van der Waals surface area contributed by atoms with E-state index in [0.717, 1.165) is 22.6 Å². The largest absolute Gasteiger partial charge is 0.491 e. The van der Waals surface area contributed by atoms with Gasteiger partial charge in [-0.05, 0) is 49.6 Å². The van der Waals surface area contributed by atoms with Crippen LogP contribution in [0.2, 0.25) is 0 Å². The van der Waals surface area contributed by atoms with Crippen molar-refractivity contribution < 1.29 is 9.53 Å². The van der Waals surface area contributed by atoms with Crippen LogP contribution in [0.15, 0.2) is 48.5 Å². The number of carbonyl (C=O) groups excluding carboxylic acids is 1. The number of rotatable bonds is 7. The number of para-hydroxylation sites is 1. The first-order valence-electron chi connectivity index (χ1n) is 7.87. The highest BCUT2D eigenvalue weighted by Gasteiger charge is 2.09. The number of nitrogens with two attached hydrogens (primary N) is 1. The van der Waals surface area contributed by atoms with Gasteiger partial charge in [0.25, 0.3) is 0 Å². The molecule has 2 aromatic rings. The topological polar surface area (TPSA) is 64.3 Å². The molecule has 0 radical (unpaired) electrons. The molecule has 4 heteroatoms. The summed E-state index contributed by atoms with van der Waals surface area (Å²) in [5, 5.41) is 2.95. The molecule has 0 aliphatic heterocycles. The number of hydrogen-bond acceptors (Lipinski definition) is 3. The van der Waals surface area contributed by atoms with E-state index >= 15 is 0 Å². The van der Waals surface area contributed by atoms with Gasteiger partial charge in [0, 0.05) is 12.1 Å². The van der Waals surface area contributed by atoms with E-state index in [4.69, 9.17) is 10.5 Å². The average molecular weight is 312 g/mol. The molecule has 0 aliphatic rings. The SMILES string of the molecule is Cc1cccc(OCC(C)NC(=O)CCc2ccccc2N)c1. The molecule has 0 aliphatic carbocycles. The van der Waals surface area contributed by atoms with Crippen molar-refractivity contribution in [1.82, 2.24) is 5.32 Å². The number of carbonyl (C=O) groups is 1. The molecule has 2 aromatic carbocycles. The zero-order chi connectivity index (χ0) is 16.7. The van der Waals surface area contributed by atoms with Crippen LogP contribution in [0, 0.1) is 6.92 Å². The fraction of sp³-hybridized carbons (Fsp3) is 0.316. The minimum absolute atomic E-state index is 0.00796. The van der Waals surface area contributed by atoms with Crippen LogP contribution in [-0.2, 0) is 11.2 Å². The molecule has 2 rings (SSSR count). The summed E-state index contributed by atoms with van der Waals surface area (Å²) in [6, 6.07) is 15.5. The van der Waals surface area contributed by atoms with Gasteiger partial charge < -0.3 is 15.8 Å². The standard InChI is InChI=1S/C19H24N2O2/c1-14-6-5-8-17(12-14)23-13-15(2)21-19(22)11-10-16-7-3-4-9-18(16)20/h3-9,12,15H,10-11,13,20H2,1-2H3,(H,21,22). The molecule has 1 amide bonds. The molecule has 122 valence electrons. The van der Waals surface area contributed by atoms with Gasteiger partial charge in [0.1, 0.15) is 12.4 Å². The Bertz CT molecular complexity index is 655. The van der Waals surface area contributed by atoms with Crippen molar-refractivity contribution in [3.05, 3.63) is 59.7 Å². The summed E-state index contributed by atoms with van der Waals surface area (Å²) >= 11 is 0. The van der Waals surface area contributed by atoms with Gasteiger partial charge in [-0.25, -0.2) is 0 Å². The summed E-state index contributed by atoms with van der Waals surface area (Å²) in [4.78, 5) is 12.0. The predicted molar refractivity (Wildman–Crippen MR) is 93.5 cm³/mol. The zero-order valence-corrected chi connectivity index (χ0v) is 13.7. The van der Waals surface area contributed by atoms with Crippen molar-refractivity contribution in [2.24, 2.45) is 0 Å². The average Bonchev–Trinajstić information content (AvgIpc) is 2.52. The Kier molecular flexibility index (Phi) is 6.03. The van der Waals surface area contributed by atoms with Crippen LogP contribution in [0.25, 0.3) is 0 Å². The molecule has 1 atom stereocenters. The minimum Gasteiger partial charge on any atom is -0.491 e. The van der Waals surface area contributed by atoms with Gasteiger partial charge in [0.2, 0.25) is 5.91 Å². The molecule has 0 saturated carbocycles. The van der Waals surface area contributed by atoms with Crippen LogP contribution in [0.3, 0.4) is 0 Å². The Balaban J connectivity index is 1.73. The molecular weight excluding hydrogens is 288 g/mol. The lowest BCUT2D eigenvalue weighted by molar-refractivity contribution is -0.121. The number of nitrogen functional groups attached to an aromatic ring is 1. The maximum atomic E-state index is 12.0. The van der Waals surface area contributed by atoms with E-state index in [0.29, 0.717) is 19.4 Å². The Morgan fingerprint density at radius 3 is 2.74 bits per heavy atom. The van der Waals surface area contributed by atoms with Crippen molar-refractivity contribution in [2.75, 3.05) is 12.3 Å². The highest BCUT2D eigenvalue weighted by molar-refractivity contribution is 5.76. The van der Waals surface area contributed by atoms with Crippen molar-refractivity contribution in [2.45, 2.75) is 32.7 Å². The zero-order valence-electron chi connectivity index (χ0n) is 13.7. The van der Waals surface area contributed by atoms with E-state index in [9.17, 15) is 4.79 Å². The van der Waals surface area contributed by atoms with Crippen molar-refractivity contribution in [3.8, 4) is 5.75 Å². The van der Waals surface area contributed by atoms with Gasteiger partial charge in [0.05, 0.1) is 6.04 Å². The first-order chi connectivity index (χ1) is 11.0. The van der Waals surface area contributed by atoms with Gasteiger partial charge in [-0.3, -0.25) is 4.79 Å². The smallest absolute Gasteiger partial charge is 0.220 e. The summed E-state index contributed by atoms with van der Waals surface area (Å²) < 4.78 is 5.70. The van der Waals surface area contributed by atoms with E-state index in [2.05, 4.69) is 5.32 Å². The lowest BCUT2D eigenvalue weighted by atomic mass is 10.1. The number of hydrogen-bond donors (Lipinski definition) is 2. The highest BCUT2D eigenvalue weighted by Crippen LogP contribution is 2.13. The molecule has 3 N–H and O–H groups in total. The molecule has 1 unspecified atom stereocenters. The molecule has 23 heavy (non-hydrogen) atoms. The van der Waals surface area contributed by atoms with Gasteiger partial charge in [-0.2, -0.15) is 0 Å². The van der Waals surface area contributed by atoms with Crippen molar-refractivity contribution >= 4 is 11.6 Å². The van der Waals surface area contributed by atoms with Crippen LogP contribution < -0.4 is 15.8 Å². The van der Waals surface area contributed by atoms with Gasteiger partial charge in [-0.15, -0.1) is 0 Å². The summed E-state index contributed by atoms with van der Waals surface area (Å²) in [5.74, 6) is 0.830. The van der Waals surface area contributed by atoms with E-state index in [1.54, 1.807) is 0 Å². The number of benzene rings is 2. The Labute approximate surface area is 137 Å². The molecular formula is C19H24N2O2. The quantitative estimate of drug-likeness (QED) is 0.772. The number of ether oxygens (including phenoxy) is 1. The van der Waals surface area contributed by atoms with Crippen molar-refractivity contribution in [3.63, 3.8) is 0 Å². The molecule has 4 nitrogen and oxygen atoms in total. The maximum absolute atomic E-state index is 12.0. The Morgan fingerprint density at radius 1 is 1.22 bits per heavy atom. The third-order valence-corrected chi connectivity index (χ3v) is 3.57. The van der Waals surface area contributed by atoms with Gasteiger partial charge >= 0.3 is 0 Å². The first-order valence-corrected chi connectivity index (χ1v) is 7.87. The third-order valence-electron chi connectivity index (χ3n) is 3.57.